The molecule has 1 heterocycles. The summed E-state index contributed by atoms with van der Waals surface area (Å²) >= 11 is 0. The van der Waals surface area contributed by atoms with Gasteiger partial charge in [0.1, 0.15) is 0 Å². The predicted octanol–water partition coefficient (Wildman–Crippen LogP) is 1.74. The van der Waals surface area contributed by atoms with Gasteiger partial charge < -0.3 is 5.11 Å². The average Bonchev–Trinajstić information content (AvgIpc) is 2.80. The lowest BCUT2D eigenvalue weighted by molar-refractivity contribution is -0.138. The fraction of sp³-hybridized carbons (Fsp3) is 0.273. The van der Waals surface area contributed by atoms with Crippen molar-refractivity contribution in [1.29, 1.82) is 0 Å². The van der Waals surface area contributed by atoms with Crippen LogP contribution in [0.15, 0.2) is 29.3 Å². The summed E-state index contributed by atoms with van der Waals surface area (Å²) in [6, 6.07) is 7.77. The molecule has 3 rings (SSSR count). The molecular formula is C11H9NO2. The van der Waals surface area contributed by atoms with E-state index in [-0.39, 0.29) is 11.3 Å². The molecule has 3 heteroatoms. The standard InChI is InChI=1S/C11H9NO2/c13-10(14)8-5-11(8)6-12-9-4-2-1-3-7(9)11/h1-4,6,8H,5H2,(H,13,14). The lowest BCUT2D eigenvalue weighted by Gasteiger charge is -2.05. The third kappa shape index (κ3) is 0.769. The number of carboxylic acid groups (broad SMARTS) is 1. The number of aliphatic carboxylic acids is 1. The van der Waals surface area contributed by atoms with Crippen molar-refractivity contribution >= 4 is 17.9 Å². The molecule has 2 atom stereocenters. The smallest absolute Gasteiger partial charge is 0.307 e. The molecule has 1 aromatic rings. The monoisotopic (exact) mass is 187 g/mol. The predicted molar refractivity (Wildman–Crippen MR) is 52.0 cm³/mol. The molecule has 1 aliphatic carbocycles. The van der Waals surface area contributed by atoms with E-state index < -0.39 is 5.97 Å². The summed E-state index contributed by atoms with van der Waals surface area (Å²) in [4.78, 5) is 15.1. The first-order chi connectivity index (χ1) is 6.74. The second-order valence-corrected chi connectivity index (χ2v) is 3.91. The molecule has 0 saturated heterocycles. The number of aliphatic imine (C=N–C) groups is 1. The number of fused-ring (bicyclic) bond motifs is 2. The van der Waals surface area contributed by atoms with Gasteiger partial charge in [-0.1, -0.05) is 18.2 Å². The maximum Gasteiger partial charge on any atom is 0.307 e. The molecule has 2 unspecified atom stereocenters. The quantitative estimate of drug-likeness (QED) is 0.728. The number of rotatable bonds is 1. The molecule has 14 heavy (non-hydrogen) atoms. The van der Waals surface area contributed by atoms with Crippen LogP contribution in [0.25, 0.3) is 0 Å². The van der Waals surface area contributed by atoms with E-state index in [9.17, 15) is 4.79 Å². The van der Waals surface area contributed by atoms with Gasteiger partial charge in [-0.2, -0.15) is 0 Å². The second kappa shape index (κ2) is 2.23. The molecule has 1 spiro atoms. The largest absolute Gasteiger partial charge is 0.481 e. The first-order valence-electron chi connectivity index (χ1n) is 4.61. The van der Waals surface area contributed by atoms with Gasteiger partial charge in [-0.15, -0.1) is 0 Å². The topological polar surface area (TPSA) is 49.7 Å². The van der Waals surface area contributed by atoms with E-state index in [4.69, 9.17) is 5.11 Å². The van der Waals surface area contributed by atoms with Crippen LogP contribution in [0.2, 0.25) is 0 Å². The van der Waals surface area contributed by atoms with Crippen molar-refractivity contribution in [3.8, 4) is 0 Å². The highest BCUT2D eigenvalue weighted by atomic mass is 16.4. The Hall–Kier alpha value is -1.64. The van der Waals surface area contributed by atoms with E-state index in [1.54, 1.807) is 6.21 Å². The van der Waals surface area contributed by atoms with Crippen molar-refractivity contribution < 1.29 is 9.90 Å². The van der Waals surface area contributed by atoms with Crippen LogP contribution in [0, 0.1) is 5.92 Å². The molecule has 1 N–H and O–H groups in total. The zero-order valence-corrected chi connectivity index (χ0v) is 7.47. The molecule has 0 bridgehead atoms. The Morgan fingerprint density at radius 3 is 3.00 bits per heavy atom. The Balaban J connectivity index is 2.09. The molecule has 1 aliphatic heterocycles. The number of nitrogens with zero attached hydrogens (tertiary/aromatic N) is 1. The van der Waals surface area contributed by atoms with Crippen LogP contribution in [0.3, 0.4) is 0 Å². The Bertz CT molecular complexity index is 452. The van der Waals surface area contributed by atoms with Crippen LogP contribution in [0.1, 0.15) is 12.0 Å². The van der Waals surface area contributed by atoms with Gasteiger partial charge in [0.15, 0.2) is 0 Å². The number of carboxylic acids is 1. The zero-order chi connectivity index (χ0) is 9.76. The minimum Gasteiger partial charge on any atom is -0.481 e. The molecule has 1 fully saturated rings. The van der Waals surface area contributed by atoms with E-state index >= 15 is 0 Å². The molecule has 0 radical (unpaired) electrons. The maximum atomic E-state index is 10.9. The van der Waals surface area contributed by atoms with Gasteiger partial charge in [-0.05, 0) is 18.1 Å². The van der Waals surface area contributed by atoms with E-state index in [2.05, 4.69) is 4.99 Å². The maximum absolute atomic E-state index is 10.9. The van der Waals surface area contributed by atoms with Gasteiger partial charge in [-0.3, -0.25) is 9.79 Å². The SMILES string of the molecule is O=C(O)C1CC12C=Nc1ccccc12. The van der Waals surface area contributed by atoms with Gasteiger partial charge in [0.05, 0.1) is 11.6 Å². The summed E-state index contributed by atoms with van der Waals surface area (Å²) in [7, 11) is 0. The van der Waals surface area contributed by atoms with Crippen LogP contribution >= 0.6 is 0 Å². The van der Waals surface area contributed by atoms with Crippen molar-refractivity contribution in [2.75, 3.05) is 0 Å². The average molecular weight is 187 g/mol. The number of carbonyl (C=O) groups is 1. The lowest BCUT2D eigenvalue weighted by atomic mass is 9.96. The van der Waals surface area contributed by atoms with E-state index in [0.717, 1.165) is 11.3 Å². The van der Waals surface area contributed by atoms with Crippen molar-refractivity contribution in [3.05, 3.63) is 29.8 Å². The minimum absolute atomic E-state index is 0.269. The highest BCUT2D eigenvalue weighted by Gasteiger charge is 2.61. The van der Waals surface area contributed by atoms with Crippen LogP contribution in [-0.2, 0) is 10.2 Å². The van der Waals surface area contributed by atoms with Crippen molar-refractivity contribution in [3.63, 3.8) is 0 Å². The highest BCUT2D eigenvalue weighted by Crippen LogP contribution is 2.58. The van der Waals surface area contributed by atoms with Crippen LogP contribution in [0.5, 0.6) is 0 Å². The third-order valence-electron chi connectivity index (χ3n) is 3.14. The summed E-state index contributed by atoms with van der Waals surface area (Å²) in [6.45, 7) is 0. The normalized spacial score (nSPS) is 31.9. The summed E-state index contributed by atoms with van der Waals surface area (Å²) in [5.41, 5.74) is 1.73. The lowest BCUT2D eigenvalue weighted by Crippen LogP contribution is -2.13. The fourth-order valence-corrected chi connectivity index (χ4v) is 2.26. The molecule has 2 aliphatic rings. The highest BCUT2D eigenvalue weighted by molar-refractivity contribution is 5.96. The summed E-state index contributed by atoms with van der Waals surface area (Å²) in [5, 5.41) is 8.94. The van der Waals surface area contributed by atoms with Crippen LogP contribution < -0.4 is 0 Å². The van der Waals surface area contributed by atoms with E-state index in [0.29, 0.717) is 6.42 Å². The van der Waals surface area contributed by atoms with Crippen molar-refractivity contribution in [2.24, 2.45) is 10.9 Å². The number of benzene rings is 1. The van der Waals surface area contributed by atoms with Gasteiger partial charge in [0, 0.05) is 11.6 Å². The first kappa shape index (κ1) is 7.74. The Morgan fingerprint density at radius 1 is 1.50 bits per heavy atom. The Kier molecular flexibility index (Phi) is 1.23. The Labute approximate surface area is 81.1 Å². The van der Waals surface area contributed by atoms with Gasteiger partial charge in [0.25, 0.3) is 0 Å². The summed E-state index contributed by atoms with van der Waals surface area (Å²) < 4.78 is 0. The van der Waals surface area contributed by atoms with Gasteiger partial charge in [0.2, 0.25) is 0 Å². The molecule has 70 valence electrons. The molecular weight excluding hydrogens is 178 g/mol. The van der Waals surface area contributed by atoms with E-state index in [1.165, 1.54) is 0 Å². The van der Waals surface area contributed by atoms with E-state index in [1.807, 2.05) is 24.3 Å². The van der Waals surface area contributed by atoms with Gasteiger partial charge in [-0.25, -0.2) is 0 Å². The molecule has 0 aromatic heterocycles. The molecule has 1 aromatic carbocycles. The Morgan fingerprint density at radius 2 is 2.29 bits per heavy atom. The second-order valence-electron chi connectivity index (χ2n) is 3.91. The van der Waals surface area contributed by atoms with Crippen LogP contribution in [-0.4, -0.2) is 17.3 Å². The molecule has 1 saturated carbocycles. The van der Waals surface area contributed by atoms with Gasteiger partial charge >= 0.3 is 5.97 Å². The third-order valence-corrected chi connectivity index (χ3v) is 3.14. The number of para-hydroxylation sites is 1. The molecule has 0 amide bonds. The summed E-state index contributed by atoms with van der Waals surface area (Å²) in [5.74, 6) is -0.983. The molecule has 3 nitrogen and oxygen atoms in total. The van der Waals surface area contributed by atoms with Crippen LogP contribution in [0.4, 0.5) is 5.69 Å². The van der Waals surface area contributed by atoms with Crippen molar-refractivity contribution in [1.82, 2.24) is 0 Å². The number of hydrogen-bond donors (Lipinski definition) is 1. The fourth-order valence-electron chi connectivity index (χ4n) is 2.26. The zero-order valence-electron chi connectivity index (χ0n) is 7.47. The summed E-state index contributed by atoms with van der Waals surface area (Å²) in [6.07, 6.45) is 2.50. The number of hydrogen-bond acceptors (Lipinski definition) is 2. The van der Waals surface area contributed by atoms with Crippen molar-refractivity contribution in [2.45, 2.75) is 11.8 Å². The minimum atomic E-state index is -0.715. The first-order valence-corrected chi connectivity index (χ1v) is 4.61.